The van der Waals surface area contributed by atoms with E-state index in [-0.39, 0.29) is 5.54 Å². The van der Waals surface area contributed by atoms with Crippen LogP contribution in [0.1, 0.15) is 52.4 Å². The summed E-state index contributed by atoms with van der Waals surface area (Å²) in [6.07, 6.45) is 6.79. The average molecular weight is 268 g/mol. The van der Waals surface area contributed by atoms with Crippen LogP contribution in [-0.4, -0.2) is 38.0 Å². The Morgan fingerprint density at radius 3 is 2.89 bits per heavy atom. The predicted octanol–water partition coefficient (Wildman–Crippen LogP) is 2.63. The van der Waals surface area contributed by atoms with Gasteiger partial charge in [0, 0.05) is 13.2 Å². The number of hydrogen-bond acceptors (Lipinski definition) is 4. The highest BCUT2D eigenvalue weighted by atomic mass is 16.5. The third kappa shape index (κ3) is 6.91. The fraction of sp³-hybridized carbons (Fsp3) is 0.933. The number of hydrogen-bond donors (Lipinski definition) is 1. The topological polar surface area (TPSA) is 54.3 Å². The molecule has 0 aliphatic carbocycles. The van der Waals surface area contributed by atoms with E-state index in [9.17, 15) is 0 Å². The highest BCUT2D eigenvalue weighted by Crippen LogP contribution is 2.14. The van der Waals surface area contributed by atoms with Crippen LogP contribution in [0.5, 0.6) is 0 Å². The van der Waals surface area contributed by atoms with Crippen LogP contribution < -0.4 is 5.32 Å². The van der Waals surface area contributed by atoms with Crippen LogP contribution in [0.4, 0.5) is 0 Å². The summed E-state index contributed by atoms with van der Waals surface area (Å²) in [5, 5.41) is 12.4. The molecular weight excluding hydrogens is 240 g/mol. The lowest BCUT2D eigenvalue weighted by Crippen LogP contribution is -2.40. The summed E-state index contributed by atoms with van der Waals surface area (Å²) < 4.78 is 11.3. The maximum absolute atomic E-state index is 9.13. The van der Waals surface area contributed by atoms with Gasteiger partial charge >= 0.3 is 0 Å². The lowest BCUT2D eigenvalue weighted by Gasteiger charge is -2.23. The van der Waals surface area contributed by atoms with E-state index in [0.717, 1.165) is 52.0 Å². The van der Waals surface area contributed by atoms with Crippen LogP contribution in [0.2, 0.25) is 0 Å². The monoisotopic (exact) mass is 268 g/mol. The summed E-state index contributed by atoms with van der Waals surface area (Å²) in [7, 11) is 0. The molecule has 0 saturated carbocycles. The van der Waals surface area contributed by atoms with E-state index < -0.39 is 0 Å². The first-order chi connectivity index (χ1) is 9.20. The van der Waals surface area contributed by atoms with Crippen LogP contribution in [0, 0.1) is 11.3 Å². The Balaban J connectivity index is 2.00. The summed E-state index contributed by atoms with van der Waals surface area (Å²) in [6.45, 7) is 7.21. The van der Waals surface area contributed by atoms with E-state index in [1.165, 1.54) is 12.8 Å². The Morgan fingerprint density at radius 2 is 2.26 bits per heavy atom. The molecule has 1 aliphatic rings. The van der Waals surface area contributed by atoms with Crippen molar-refractivity contribution >= 4 is 0 Å². The second-order valence-electron chi connectivity index (χ2n) is 5.49. The van der Waals surface area contributed by atoms with Crippen LogP contribution in [-0.2, 0) is 9.47 Å². The maximum Gasteiger partial charge on any atom is 0.103 e. The molecule has 0 bridgehead atoms. The van der Waals surface area contributed by atoms with Crippen LogP contribution in [0.25, 0.3) is 0 Å². The molecule has 19 heavy (non-hydrogen) atoms. The second-order valence-corrected chi connectivity index (χ2v) is 5.49. The quantitative estimate of drug-likeness (QED) is 0.653. The highest BCUT2D eigenvalue weighted by Gasteiger charge is 2.21. The predicted molar refractivity (Wildman–Crippen MR) is 76.0 cm³/mol. The lowest BCUT2D eigenvalue weighted by atomic mass is 9.97. The minimum Gasteiger partial charge on any atom is -0.379 e. The van der Waals surface area contributed by atoms with Gasteiger partial charge in [0.15, 0.2) is 0 Å². The minimum absolute atomic E-state index is 0.305. The van der Waals surface area contributed by atoms with E-state index in [2.05, 4.69) is 11.4 Å². The van der Waals surface area contributed by atoms with Crippen molar-refractivity contribution in [1.29, 1.82) is 5.26 Å². The van der Waals surface area contributed by atoms with Crippen molar-refractivity contribution in [3.05, 3.63) is 0 Å². The summed E-state index contributed by atoms with van der Waals surface area (Å²) in [6, 6.07) is 2.35. The minimum atomic E-state index is -0.388. The van der Waals surface area contributed by atoms with E-state index in [1.54, 1.807) is 0 Å². The molecule has 0 spiro atoms. The fourth-order valence-electron chi connectivity index (χ4n) is 2.41. The van der Waals surface area contributed by atoms with E-state index >= 15 is 0 Å². The zero-order chi connectivity index (χ0) is 14.0. The number of rotatable bonds is 9. The van der Waals surface area contributed by atoms with Crippen LogP contribution in [0.3, 0.4) is 0 Å². The fourth-order valence-corrected chi connectivity index (χ4v) is 2.41. The molecule has 1 rings (SSSR count). The number of unbranched alkanes of at least 4 members (excludes halogenated alkanes) is 1. The highest BCUT2D eigenvalue weighted by molar-refractivity contribution is 5.03. The van der Waals surface area contributed by atoms with Gasteiger partial charge in [-0.15, -0.1) is 0 Å². The summed E-state index contributed by atoms with van der Waals surface area (Å²) >= 11 is 0. The first-order valence-electron chi connectivity index (χ1n) is 7.56. The zero-order valence-electron chi connectivity index (χ0n) is 12.4. The smallest absolute Gasteiger partial charge is 0.103 e. The Labute approximate surface area is 117 Å². The number of nitrogens with one attached hydrogen (secondary N) is 1. The molecule has 1 N–H and O–H groups in total. The molecule has 1 aliphatic heterocycles. The molecule has 0 radical (unpaired) electrons. The largest absolute Gasteiger partial charge is 0.379 e. The molecule has 0 aromatic carbocycles. The van der Waals surface area contributed by atoms with Gasteiger partial charge in [-0.05, 0) is 52.0 Å². The Kier molecular flexibility index (Phi) is 8.04. The third-order valence-electron chi connectivity index (χ3n) is 3.61. The van der Waals surface area contributed by atoms with Gasteiger partial charge in [0.2, 0.25) is 0 Å². The molecule has 0 aromatic rings. The van der Waals surface area contributed by atoms with Gasteiger partial charge in [0.25, 0.3) is 0 Å². The van der Waals surface area contributed by atoms with Crippen molar-refractivity contribution in [2.45, 2.75) is 64.0 Å². The van der Waals surface area contributed by atoms with Gasteiger partial charge < -0.3 is 9.47 Å². The van der Waals surface area contributed by atoms with Crippen LogP contribution >= 0.6 is 0 Å². The summed E-state index contributed by atoms with van der Waals surface area (Å²) in [5.74, 6) is 0. The third-order valence-corrected chi connectivity index (χ3v) is 3.61. The number of ether oxygens (including phenoxy) is 2. The Hall–Kier alpha value is -0.630. The summed E-state index contributed by atoms with van der Waals surface area (Å²) in [4.78, 5) is 0. The van der Waals surface area contributed by atoms with E-state index in [4.69, 9.17) is 14.7 Å². The maximum atomic E-state index is 9.13. The molecule has 4 nitrogen and oxygen atoms in total. The van der Waals surface area contributed by atoms with Crippen molar-refractivity contribution in [2.24, 2.45) is 0 Å². The first kappa shape index (κ1) is 16.4. The molecule has 0 amide bonds. The number of nitrogens with zero attached hydrogens (tertiary/aromatic N) is 1. The normalized spacial score (nSPS) is 22.7. The van der Waals surface area contributed by atoms with Crippen molar-refractivity contribution in [2.75, 3.05) is 26.4 Å². The Morgan fingerprint density at radius 1 is 1.42 bits per heavy atom. The SMILES string of the molecule is CCNC(C)(C#N)CCCCOCC1CCCCO1. The first-order valence-corrected chi connectivity index (χ1v) is 7.56. The molecule has 110 valence electrons. The molecule has 4 heteroatoms. The van der Waals surface area contributed by atoms with Crippen molar-refractivity contribution in [3.8, 4) is 6.07 Å². The second kappa shape index (κ2) is 9.30. The molecule has 1 saturated heterocycles. The average Bonchev–Trinajstić information content (AvgIpc) is 2.44. The molecule has 2 unspecified atom stereocenters. The molecule has 0 aromatic heterocycles. The van der Waals surface area contributed by atoms with Gasteiger partial charge in [-0.2, -0.15) is 5.26 Å². The number of nitriles is 1. The molecule has 2 atom stereocenters. The van der Waals surface area contributed by atoms with Crippen molar-refractivity contribution in [1.82, 2.24) is 5.32 Å². The molecular formula is C15H28N2O2. The van der Waals surface area contributed by atoms with E-state index in [0.29, 0.717) is 6.10 Å². The van der Waals surface area contributed by atoms with E-state index in [1.807, 2.05) is 13.8 Å². The molecule has 1 fully saturated rings. The molecule has 1 heterocycles. The van der Waals surface area contributed by atoms with Crippen molar-refractivity contribution in [3.63, 3.8) is 0 Å². The van der Waals surface area contributed by atoms with Gasteiger partial charge in [0.1, 0.15) is 5.54 Å². The van der Waals surface area contributed by atoms with Gasteiger partial charge in [-0.1, -0.05) is 6.92 Å². The standard InChI is InChI=1S/C15H28N2O2/c1-3-17-15(2,13-16)9-5-7-10-18-12-14-8-4-6-11-19-14/h14,17H,3-12H2,1-2H3. The van der Waals surface area contributed by atoms with Gasteiger partial charge in [0.05, 0.1) is 18.8 Å². The van der Waals surface area contributed by atoms with Gasteiger partial charge in [-0.25, -0.2) is 0 Å². The Bertz CT molecular complexity index is 272. The summed E-state index contributed by atoms with van der Waals surface area (Å²) in [5.41, 5.74) is -0.388. The zero-order valence-corrected chi connectivity index (χ0v) is 12.4. The van der Waals surface area contributed by atoms with Crippen molar-refractivity contribution < 1.29 is 9.47 Å². The van der Waals surface area contributed by atoms with Gasteiger partial charge in [-0.3, -0.25) is 5.32 Å². The lowest BCUT2D eigenvalue weighted by molar-refractivity contribution is -0.0412. The van der Waals surface area contributed by atoms with Crippen LogP contribution in [0.15, 0.2) is 0 Å².